The average molecular weight is 564 g/mol. The first-order valence-corrected chi connectivity index (χ1v) is 0. The monoisotopic (exact) mass is 564 g/mol. The van der Waals surface area contributed by atoms with E-state index in [0.29, 0.717) is 0 Å². The molecule has 0 saturated carbocycles. The molecule has 23 heavy (non-hydrogen) atoms. The van der Waals surface area contributed by atoms with Gasteiger partial charge in [-0.15, -0.1) is 0 Å². The molecule has 0 aromatic carbocycles. The normalized spacial score (nSPS) is 0. The van der Waals surface area contributed by atoms with Crippen molar-refractivity contribution in [2.24, 2.45) is 0 Å². The first-order chi connectivity index (χ1) is 0. The summed E-state index contributed by atoms with van der Waals surface area (Å²) in [5.41, 5.74) is 0. The van der Waals surface area contributed by atoms with Crippen LogP contribution < -0.4 is 0 Å². The summed E-state index contributed by atoms with van der Waals surface area (Å²) in [7, 11) is 0. The van der Waals surface area contributed by atoms with Gasteiger partial charge < -0.3 is 113 Å². The van der Waals surface area contributed by atoms with Crippen LogP contribution in [0.15, 0.2) is 0 Å². The van der Waals surface area contributed by atoms with Crippen molar-refractivity contribution in [2.45, 2.75) is 0 Å². The minimum Gasteiger partial charge on any atom is -0.412 e. The molecule has 0 bridgehead atoms. The van der Waals surface area contributed by atoms with E-state index in [-0.39, 0.29) is 243 Å². The summed E-state index contributed by atoms with van der Waals surface area (Å²) < 4.78 is 0. The largest absolute Gasteiger partial charge is 2.00 e. The van der Waals surface area contributed by atoms with E-state index in [4.69, 9.17) is 0 Å². The molecule has 0 heterocycles. The number of rotatable bonds is 0. The Morgan fingerprint density at radius 1 is 0.174 bits per heavy atom. The van der Waals surface area contributed by atoms with E-state index in [1.54, 1.807) is 0 Å². The van der Waals surface area contributed by atoms with Crippen LogP contribution in [0.3, 0.4) is 0 Å². The van der Waals surface area contributed by atoms with Gasteiger partial charge in [0.05, 0.1) is 0 Å². The third-order valence-electron chi connectivity index (χ3n) is 0. The average Bonchev–Trinajstić information content (AvgIpc) is 0. The summed E-state index contributed by atoms with van der Waals surface area (Å²) >= 11 is 0. The van der Waals surface area contributed by atoms with E-state index in [9.17, 15) is 0 Å². The molecule has 0 aromatic heterocycles. The molecule has 0 aliphatic heterocycles. The molecule has 13 heteroatoms. The smallest absolute Gasteiger partial charge is 0.412 e. The Labute approximate surface area is 239 Å². The van der Waals surface area contributed by atoms with Crippen molar-refractivity contribution in [1.29, 1.82) is 0 Å². The third-order valence-corrected chi connectivity index (χ3v) is 0. The van der Waals surface area contributed by atoms with E-state index < -0.39 is 0 Å². The van der Waals surface area contributed by atoms with Gasteiger partial charge in [-0.25, -0.2) is 0 Å². The minimum atomic E-state index is 0. The van der Waals surface area contributed by atoms with Crippen LogP contribution in [0.1, 0.15) is 0 Å². The Bertz CT molecular complexity index is 35.7. The van der Waals surface area contributed by atoms with Crippen LogP contribution in [0.25, 0.3) is 0 Å². The molecule has 0 radical (unpaired) electrons. The maximum atomic E-state index is 0. The van der Waals surface area contributed by atoms with Gasteiger partial charge in [0.25, 0.3) is 0 Å². The zero-order chi connectivity index (χ0) is 0. The molecular formula is C10H44O7Ti6-2. The summed E-state index contributed by atoms with van der Waals surface area (Å²) in [6, 6.07) is 0. The van der Waals surface area contributed by atoms with E-state index >= 15 is 0 Å². The van der Waals surface area contributed by atoms with Crippen LogP contribution in [0, 0.1) is 74.3 Å². The van der Waals surface area contributed by atoms with Gasteiger partial charge in [0.2, 0.25) is 0 Å². The minimum absolute atomic E-state index is 0. The van der Waals surface area contributed by atoms with Crippen LogP contribution >= 0.6 is 0 Å². The van der Waals surface area contributed by atoms with Crippen molar-refractivity contribution in [3.63, 3.8) is 0 Å². The van der Waals surface area contributed by atoms with Crippen LogP contribution in [0.2, 0.25) is 0 Å². The molecule has 7 nitrogen and oxygen atoms in total. The molecule has 14 N–H and O–H groups in total. The zero-order valence-electron chi connectivity index (χ0n) is 16.5. The Morgan fingerprint density at radius 3 is 0.174 bits per heavy atom. The van der Waals surface area contributed by atoms with Crippen molar-refractivity contribution < 1.29 is 169 Å². The molecule has 0 unspecified atom stereocenters. The number of hydrogen-bond acceptors (Lipinski definition) is 0. The van der Waals surface area contributed by atoms with Crippen molar-refractivity contribution in [3.05, 3.63) is 74.3 Å². The topological polar surface area (TPSA) is 220 Å². The van der Waals surface area contributed by atoms with E-state index in [0.717, 1.165) is 0 Å². The molecule has 0 fully saturated rings. The summed E-state index contributed by atoms with van der Waals surface area (Å²) in [6.07, 6.45) is 0. The fraction of sp³-hybridized carbons (Fsp3) is 0. The van der Waals surface area contributed by atoms with Gasteiger partial charge in [-0.05, 0) is 0 Å². The van der Waals surface area contributed by atoms with Crippen LogP contribution in [0.4, 0.5) is 0 Å². The Morgan fingerprint density at radius 2 is 0.174 bits per heavy atom. The van der Waals surface area contributed by atoms with Gasteiger partial charge in [0.15, 0.2) is 0 Å². The van der Waals surface area contributed by atoms with Gasteiger partial charge in [-0.3, -0.25) is 0 Å². The van der Waals surface area contributed by atoms with Gasteiger partial charge in [0.1, 0.15) is 0 Å². The van der Waals surface area contributed by atoms with Gasteiger partial charge >= 0.3 is 86.9 Å². The first-order valence-electron chi connectivity index (χ1n) is 0. The van der Waals surface area contributed by atoms with Gasteiger partial charge in [-0.1, -0.05) is 0 Å². The standard InChI is InChI=1S/10CH3.7H2O.6Ti/h10*1H3;7*1H2;;;;;;/q10*-1;;;;;;;;;;4*+2. The maximum absolute atomic E-state index is 0. The zero-order valence-corrected chi connectivity index (χ0v) is 25.9. The van der Waals surface area contributed by atoms with Crippen LogP contribution in [-0.2, 0) is 130 Å². The summed E-state index contributed by atoms with van der Waals surface area (Å²) in [5, 5.41) is 0. The second-order valence-electron chi connectivity index (χ2n) is 0. The molecule has 0 aliphatic carbocycles. The van der Waals surface area contributed by atoms with Crippen molar-refractivity contribution in [2.75, 3.05) is 0 Å². The van der Waals surface area contributed by atoms with Crippen molar-refractivity contribution >= 4 is 0 Å². The molecule has 0 rings (SSSR count). The third kappa shape index (κ3) is 934. The first kappa shape index (κ1) is 1140. The summed E-state index contributed by atoms with van der Waals surface area (Å²) in [6.45, 7) is 0. The molecule has 0 spiro atoms. The second kappa shape index (κ2) is 1010. The number of hydrogen-bond donors (Lipinski definition) is 0. The molecule has 0 saturated heterocycles. The Balaban J connectivity index is 0. The molecule has 0 aliphatic rings. The molecule has 0 amide bonds. The van der Waals surface area contributed by atoms with Crippen LogP contribution in [0.5, 0.6) is 0 Å². The van der Waals surface area contributed by atoms with E-state index in [1.165, 1.54) is 0 Å². The molecule has 0 atom stereocenters. The van der Waals surface area contributed by atoms with Crippen LogP contribution in [-0.4, -0.2) is 38.3 Å². The SMILES string of the molecule is O.O.O.O.O.O.O.[CH3-].[CH3-].[CH3-].[CH3-].[CH3-].[CH3-].[CH3-].[CH3-].[CH3-].[CH3-].[Ti+2].[Ti+2].[Ti+2].[Ti+2].[Ti].[Ti]. The maximum Gasteiger partial charge on any atom is 2.00 e. The quantitative estimate of drug-likeness (QED) is 0.248. The van der Waals surface area contributed by atoms with Crippen molar-refractivity contribution in [3.8, 4) is 0 Å². The fourth-order valence-corrected chi connectivity index (χ4v) is 0. The molecule has 0 aromatic rings. The van der Waals surface area contributed by atoms with E-state index in [2.05, 4.69) is 0 Å². The second-order valence-corrected chi connectivity index (χ2v) is 0. The predicted octanol–water partition coefficient (Wildman–Crippen LogP) is -1.28. The predicted molar refractivity (Wildman–Crippen MR) is 89.4 cm³/mol. The molecular weight excluding hydrogens is 519 g/mol. The van der Waals surface area contributed by atoms with Gasteiger partial charge in [-0.2, -0.15) is 0 Å². The fourth-order valence-electron chi connectivity index (χ4n) is 0. The summed E-state index contributed by atoms with van der Waals surface area (Å²) in [4.78, 5) is 0. The summed E-state index contributed by atoms with van der Waals surface area (Å²) in [5.74, 6) is 0. The molecule has 152 valence electrons. The van der Waals surface area contributed by atoms with E-state index in [1.807, 2.05) is 0 Å². The van der Waals surface area contributed by atoms with Gasteiger partial charge in [0, 0.05) is 43.4 Å². The Hall–Kier alpha value is 4.01. The Kier molecular flexibility index (Phi) is 50200. The van der Waals surface area contributed by atoms with Crippen molar-refractivity contribution in [1.82, 2.24) is 0 Å².